The van der Waals surface area contributed by atoms with Gasteiger partial charge in [0.25, 0.3) is 0 Å². The lowest BCUT2D eigenvalue weighted by molar-refractivity contribution is -0.912. The second-order valence-corrected chi connectivity index (χ2v) is 7.65. The Kier molecular flexibility index (Phi) is 5.60. The molecule has 1 aliphatic heterocycles. The van der Waals surface area contributed by atoms with Crippen LogP contribution in [0.5, 0.6) is 5.75 Å². The van der Waals surface area contributed by atoms with Gasteiger partial charge in [-0.3, -0.25) is 0 Å². The van der Waals surface area contributed by atoms with E-state index in [1.54, 1.807) is 6.07 Å². The Bertz CT molecular complexity index is 701. The Morgan fingerprint density at radius 1 is 1.04 bits per heavy atom. The summed E-state index contributed by atoms with van der Waals surface area (Å²) in [7, 11) is 0. The van der Waals surface area contributed by atoms with Crippen molar-refractivity contribution in [2.45, 2.75) is 32.1 Å². The van der Waals surface area contributed by atoms with E-state index in [-0.39, 0.29) is 5.92 Å². The molecule has 0 bridgehead atoms. The Morgan fingerprint density at radius 3 is 2.32 bits per heavy atom. The van der Waals surface area contributed by atoms with Crippen LogP contribution in [-0.4, -0.2) is 35.8 Å². The number of nitrogens with zero attached hydrogens (tertiary/aromatic N) is 1. The molecule has 0 saturated carbocycles. The van der Waals surface area contributed by atoms with Crippen molar-refractivity contribution in [3.63, 3.8) is 0 Å². The van der Waals surface area contributed by atoms with Crippen LogP contribution in [-0.2, 0) is 0 Å². The van der Waals surface area contributed by atoms with Gasteiger partial charge in [-0.2, -0.15) is 0 Å². The summed E-state index contributed by atoms with van der Waals surface area (Å²) in [6.45, 7) is 11.1. The van der Waals surface area contributed by atoms with E-state index >= 15 is 0 Å². The molecule has 0 aliphatic carbocycles. The fourth-order valence-electron chi connectivity index (χ4n) is 4.41. The van der Waals surface area contributed by atoms with Gasteiger partial charge >= 0.3 is 0 Å². The topological polar surface area (TPSA) is 20.2 Å². The summed E-state index contributed by atoms with van der Waals surface area (Å²) in [6, 6.07) is 18.4. The van der Waals surface area contributed by atoms with Crippen LogP contribution >= 0.6 is 0 Å². The van der Waals surface area contributed by atoms with Gasteiger partial charge in [0.2, 0.25) is 0 Å². The van der Waals surface area contributed by atoms with Crippen molar-refractivity contribution in [3.8, 4) is 5.75 Å². The fourth-order valence-corrected chi connectivity index (χ4v) is 4.41. The maximum atomic E-state index is 10.4. The third-order valence-electron chi connectivity index (χ3n) is 5.53. The van der Waals surface area contributed by atoms with E-state index in [1.807, 2.05) is 12.1 Å². The van der Waals surface area contributed by atoms with Crippen LogP contribution in [0.3, 0.4) is 0 Å². The average Bonchev–Trinajstić information content (AvgIpc) is 3.05. The summed E-state index contributed by atoms with van der Waals surface area (Å²) >= 11 is 0. The van der Waals surface area contributed by atoms with Crippen LogP contribution in [0.15, 0.2) is 66.7 Å². The van der Waals surface area contributed by atoms with Crippen molar-refractivity contribution in [1.82, 2.24) is 0 Å². The number of para-hydroxylation sites is 1. The molecule has 25 heavy (non-hydrogen) atoms. The number of phenols is 1. The Labute approximate surface area is 152 Å². The highest BCUT2D eigenvalue weighted by molar-refractivity contribution is 5.41. The first-order valence-electron chi connectivity index (χ1n) is 9.42. The maximum absolute atomic E-state index is 10.4. The Balaban J connectivity index is 1.85. The molecule has 0 amide bonds. The van der Waals surface area contributed by atoms with Gasteiger partial charge in [-0.1, -0.05) is 55.1 Å². The van der Waals surface area contributed by atoms with Gasteiger partial charge in [0.05, 0.1) is 26.2 Å². The molecule has 2 aromatic carbocycles. The van der Waals surface area contributed by atoms with E-state index in [4.69, 9.17) is 0 Å². The number of hydrogen-bond donors (Lipinski definition) is 1. The summed E-state index contributed by atoms with van der Waals surface area (Å²) in [4.78, 5) is 0. The predicted octanol–water partition coefficient (Wildman–Crippen LogP) is 5.10. The molecule has 1 N–H and O–H groups in total. The quantitative estimate of drug-likeness (QED) is 0.551. The molecule has 2 aromatic rings. The molecule has 3 rings (SSSR count). The van der Waals surface area contributed by atoms with Crippen LogP contribution in [0.4, 0.5) is 0 Å². The molecule has 1 atom stereocenters. The molecule has 132 valence electrons. The van der Waals surface area contributed by atoms with Crippen LogP contribution in [0.1, 0.15) is 43.2 Å². The van der Waals surface area contributed by atoms with Crippen molar-refractivity contribution >= 4 is 0 Å². The molecule has 2 heteroatoms. The zero-order chi connectivity index (χ0) is 17.7. The van der Waals surface area contributed by atoms with E-state index in [2.05, 4.69) is 49.9 Å². The van der Waals surface area contributed by atoms with Gasteiger partial charge in [0, 0.05) is 30.7 Å². The van der Waals surface area contributed by atoms with Crippen molar-refractivity contribution < 1.29 is 9.59 Å². The number of hydrogen-bond acceptors (Lipinski definition) is 1. The van der Waals surface area contributed by atoms with Gasteiger partial charge in [-0.25, -0.2) is 0 Å². The molecule has 0 aromatic heterocycles. The van der Waals surface area contributed by atoms with Gasteiger partial charge in [-0.15, -0.1) is 0 Å². The number of benzene rings is 2. The van der Waals surface area contributed by atoms with E-state index in [1.165, 1.54) is 37.1 Å². The molecule has 0 radical (unpaired) electrons. The molecule has 0 spiro atoms. The summed E-state index contributed by atoms with van der Waals surface area (Å²) in [6.07, 6.45) is 3.69. The first-order valence-corrected chi connectivity index (χ1v) is 9.42. The third kappa shape index (κ3) is 4.32. The lowest BCUT2D eigenvalue weighted by Gasteiger charge is -2.36. The second-order valence-electron chi connectivity index (χ2n) is 7.65. The first-order chi connectivity index (χ1) is 12.1. The van der Waals surface area contributed by atoms with E-state index in [0.717, 1.165) is 29.6 Å². The zero-order valence-corrected chi connectivity index (χ0v) is 15.3. The Hall–Kier alpha value is -2.06. The van der Waals surface area contributed by atoms with Crippen LogP contribution in [0.25, 0.3) is 0 Å². The molecular formula is C23H30NO+. The largest absolute Gasteiger partial charge is 0.508 e. The van der Waals surface area contributed by atoms with Crippen molar-refractivity contribution in [2.24, 2.45) is 0 Å². The van der Waals surface area contributed by atoms with Gasteiger partial charge in [0.1, 0.15) is 5.75 Å². The van der Waals surface area contributed by atoms with Gasteiger partial charge in [-0.05, 0) is 24.1 Å². The molecule has 1 aliphatic rings. The molecule has 1 saturated heterocycles. The van der Waals surface area contributed by atoms with E-state index in [9.17, 15) is 5.11 Å². The minimum atomic E-state index is 0.239. The highest BCUT2D eigenvalue weighted by Crippen LogP contribution is 2.35. The standard InChI is InChI=1S/C23H29NO/c1-19(2)18-24(15-8-9-16-24)17-14-21(20-10-4-3-5-11-20)22-12-6-7-13-23(22)25/h3-7,10-13,21H,1,8-9,14-18H2,2H3/p+1. The molecule has 1 fully saturated rings. The molecule has 2 nitrogen and oxygen atoms in total. The normalized spacial score (nSPS) is 17.3. The van der Waals surface area contributed by atoms with Gasteiger partial charge < -0.3 is 9.59 Å². The van der Waals surface area contributed by atoms with Crippen molar-refractivity contribution in [2.75, 3.05) is 26.2 Å². The van der Waals surface area contributed by atoms with E-state index in [0.29, 0.717) is 5.75 Å². The summed E-state index contributed by atoms with van der Waals surface area (Å²) in [5.41, 5.74) is 3.61. The van der Waals surface area contributed by atoms with Crippen LogP contribution in [0, 0.1) is 0 Å². The fraction of sp³-hybridized carbons (Fsp3) is 0.391. The second kappa shape index (κ2) is 7.88. The van der Waals surface area contributed by atoms with Crippen molar-refractivity contribution in [1.29, 1.82) is 0 Å². The number of likely N-dealkylation sites (tertiary alicyclic amines) is 1. The minimum Gasteiger partial charge on any atom is -0.508 e. The lowest BCUT2D eigenvalue weighted by atomic mass is 9.87. The van der Waals surface area contributed by atoms with Crippen molar-refractivity contribution in [3.05, 3.63) is 77.9 Å². The maximum Gasteiger partial charge on any atom is 0.119 e. The highest BCUT2D eigenvalue weighted by atomic mass is 16.3. The number of aromatic hydroxyl groups is 1. The molecule has 1 unspecified atom stereocenters. The summed E-state index contributed by atoms with van der Waals surface area (Å²) in [5, 5.41) is 10.4. The number of rotatable bonds is 7. The van der Waals surface area contributed by atoms with Crippen LogP contribution < -0.4 is 0 Å². The highest BCUT2D eigenvalue weighted by Gasteiger charge is 2.33. The van der Waals surface area contributed by atoms with Gasteiger partial charge in [0.15, 0.2) is 0 Å². The number of quaternary nitrogens is 1. The van der Waals surface area contributed by atoms with Crippen LogP contribution in [0.2, 0.25) is 0 Å². The zero-order valence-electron chi connectivity index (χ0n) is 15.3. The smallest absolute Gasteiger partial charge is 0.119 e. The number of phenolic OH excluding ortho intramolecular Hbond substituents is 1. The summed E-state index contributed by atoms with van der Waals surface area (Å²) in [5.74, 6) is 0.646. The SMILES string of the molecule is C=C(C)C[N+]1(CCC(c2ccccc2)c2ccccc2O)CCCC1. The third-order valence-corrected chi connectivity index (χ3v) is 5.53. The first kappa shape index (κ1) is 17.8. The van der Waals surface area contributed by atoms with E-state index < -0.39 is 0 Å². The monoisotopic (exact) mass is 336 g/mol. The predicted molar refractivity (Wildman–Crippen MR) is 105 cm³/mol. The average molecular weight is 336 g/mol. The minimum absolute atomic E-state index is 0.239. The lowest BCUT2D eigenvalue weighted by Crippen LogP contribution is -2.47. The molecule has 1 heterocycles. The summed E-state index contributed by atoms with van der Waals surface area (Å²) < 4.78 is 1.16. The molecular weight excluding hydrogens is 306 g/mol. The Morgan fingerprint density at radius 2 is 1.68 bits per heavy atom.